The minimum absolute atomic E-state index is 0.0520. The van der Waals surface area contributed by atoms with Crippen LogP contribution in [0.15, 0.2) is 24.3 Å². The number of amides is 1. The number of piperidine rings is 1. The quantitative estimate of drug-likeness (QED) is 0.846. The molecular formula is C18H26N2O3. The second-order valence-electron chi connectivity index (χ2n) is 6.32. The van der Waals surface area contributed by atoms with Gasteiger partial charge in [0.2, 0.25) is 5.91 Å². The second kappa shape index (κ2) is 8.11. The Labute approximate surface area is 138 Å². The zero-order valence-corrected chi connectivity index (χ0v) is 14.2. The van der Waals surface area contributed by atoms with Gasteiger partial charge in [-0.05, 0) is 49.9 Å². The van der Waals surface area contributed by atoms with Crippen LogP contribution in [-0.4, -0.2) is 43.0 Å². The van der Waals surface area contributed by atoms with Crippen molar-refractivity contribution in [2.24, 2.45) is 5.92 Å². The molecule has 2 rings (SSSR count). The summed E-state index contributed by atoms with van der Waals surface area (Å²) in [5.74, 6) is 0.356. The number of nitrogens with zero attached hydrogens (tertiary/aromatic N) is 1. The van der Waals surface area contributed by atoms with E-state index in [2.05, 4.69) is 21.9 Å². The molecule has 0 aromatic heterocycles. The predicted octanol–water partition coefficient (Wildman–Crippen LogP) is 2.21. The Morgan fingerprint density at radius 2 is 2.04 bits per heavy atom. The molecule has 0 radical (unpaired) electrons. The van der Waals surface area contributed by atoms with Crippen LogP contribution in [0.4, 0.5) is 0 Å². The molecule has 1 heterocycles. The van der Waals surface area contributed by atoms with Gasteiger partial charge in [0.1, 0.15) is 0 Å². The number of carbonyl (C=O) groups excluding carboxylic acids is 2. The van der Waals surface area contributed by atoms with E-state index in [1.54, 1.807) is 12.1 Å². The van der Waals surface area contributed by atoms with E-state index in [1.807, 2.05) is 19.1 Å². The lowest BCUT2D eigenvalue weighted by atomic mass is 9.99. The number of hydrogen-bond donors (Lipinski definition) is 1. The number of nitrogens with one attached hydrogen (secondary N) is 1. The van der Waals surface area contributed by atoms with Crippen molar-refractivity contribution in [2.45, 2.75) is 39.3 Å². The molecule has 1 fully saturated rings. The predicted molar refractivity (Wildman–Crippen MR) is 89.1 cm³/mol. The maximum absolute atomic E-state index is 12.3. The summed E-state index contributed by atoms with van der Waals surface area (Å²) in [5, 5.41) is 2.98. The zero-order chi connectivity index (χ0) is 16.8. The summed E-state index contributed by atoms with van der Waals surface area (Å²) in [4.78, 5) is 26.0. The fourth-order valence-electron chi connectivity index (χ4n) is 2.96. The van der Waals surface area contributed by atoms with E-state index in [-0.39, 0.29) is 17.9 Å². The molecule has 0 spiro atoms. The van der Waals surface area contributed by atoms with Gasteiger partial charge < -0.3 is 10.1 Å². The van der Waals surface area contributed by atoms with Crippen LogP contribution in [0.2, 0.25) is 0 Å². The number of rotatable bonds is 5. The molecule has 1 aliphatic rings. The van der Waals surface area contributed by atoms with Crippen molar-refractivity contribution in [3.05, 3.63) is 35.4 Å². The first kappa shape index (κ1) is 17.5. The fraction of sp³-hybridized carbons (Fsp3) is 0.556. The van der Waals surface area contributed by atoms with Gasteiger partial charge >= 0.3 is 5.97 Å². The minimum Gasteiger partial charge on any atom is -0.465 e. The van der Waals surface area contributed by atoms with Crippen LogP contribution in [0.1, 0.15) is 42.6 Å². The highest BCUT2D eigenvalue weighted by molar-refractivity contribution is 5.89. The lowest BCUT2D eigenvalue weighted by Gasteiger charge is -2.34. The molecule has 23 heavy (non-hydrogen) atoms. The third kappa shape index (κ3) is 4.79. The van der Waals surface area contributed by atoms with Gasteiger partial charge in [-0.25, -0.2) is 4.79 Å². The van der Waals surface area contributed by atoms with Crippen molar-refractivity contribution in [2.75, 3.05) is 20.2 Å². The van der Waals surface area contributed by atoms with E-state index in [9.17, 15) is 9.59 Å². The summed E-state index contributed by atoms with van der Waals surface area (Å²) < 4.78 is 4.67. The maximum Gasteiger partial charge on any atom is 0.337 e. The van der Waals surface area contributed by atoms with Crippen molar-refractivity contribution in [3.8, 4) is 0 Å². The van der Waals surface area contributed by atoms with Crippen molar-refractivity contribution < 1.29 is 14.3 Å². The summed E-state index contributed by atoms with van der Waals surface area (Å²) in [7, 11) is 1.36. The van der Waals surface area contributed by atoms with Gasteiger partial charge in [-0.3, -0.25) is 9.69 Å². The summed E-state index contributed by atoms with van der Waals surface area (Å²) >= 11 is 0. The van der Waals surface area contributed by atoms with E-state index in [0.29, 0.717) is 18.0 Å². The number of ether oxygens (including phenoxy) is 1. The molecule has 2 unspecified atom stereocenters. The molecule has 1 saturated heterocycles. The molecule has 1 amide bonds. The average molecular weight is 318 g/mol. The normalized spacial score (nSPS) is 19.9. The van der Waals surface area contributed by atoms with Crippen LogP contribution in [-0.2, 0) is 16.1 Å². The van der Waals surface area contributed by atoms with Crippen LogP contribution in [0.25, 0.3) is 0 Å². The number of methoxy groups -OCH3 is 1. The standard InChI is InChI=1S/C18H26N2O3/c1-13-5-4-10-20(12-13)14(2)17(21)19-11-15-6-8-16(9-7-15)18(22)23-3/h6-9,13-14H,4-5,10-12H2,1-3H3,(H,19,21). The molecule has 1 aromatic carbocycles. The second-order valence-corrected chi connectivity index (χ2v) is 6.32. The Bertz CT molecular complexity index is 542. The van der Waals surface area contributed by atoms with Gasteiger partial charge in [0.05, 0.1) is 18.7 Å². The van der Waals surface area contributed by atoms with E-state index >= 15 is 0 Å². The molecule has 0 saturated carbocycles. The van der Waals surface area contributed by atoms with Crippen LogP contribution in [0.5, 0.6) is 0 Å². The van der Waals surface area contributed by atoms with Crippen LogP contribution < -0.4 is 5.32 Å². The molecule has 5 heteroatoms. The molecule has 0 aliphatic carbocycles. The van der Waals surface area contributed by atoms with Gasteiger partial charge in [-0.2, -0.15) is 0 Å². The Kier molecular flexibility index (Phi) is 6.16. The monoisotopic (exact) mass is 318 g/mol. The molecule has 126 valence electrons. The molecule has 5 nitrogen and oxygen atoms in total. The lowest BCUT2D eigenvalue weighted by Crippen LogP contribution is -2.48. The third-order valence-electron chi connectivity index (χ3n) is 4.46. The molecule has 1 N–H and O–H groups in total. The molecule has 1 aliphatic heterocycles. The van der Waals surface area contributed by atoms with Gasteiger partial charge in [-0.15, -0.1) is 0 Å². The number of carbonyl (C=O) groups is 2. The topological polar surface area (TPSA) is 58.6 Å². The first-order valence-corrected chi connectivity index (χ1v) is 8.20. The summed E-state index contributed by atoms with van der Waals surface area (Å²) in [6.45, 7) is 6.65. The van der Waals surface area contributed by atoms with Gasteiger partial charge in [0.25, 0.3) is 0 Å². The third-order valence-corrected chi connectivity index (χ3v) is 4.46. The Hall–Kier alpha value is -1.88. The van der Waals surface area contributed by atoms with E-state index in [1.165, 1.54) is 13.5 Å². The first-order chi connectivity index (χ1) is 11.0. The molecule has 2 atom stereocenters. The maximum atomic E-state index is 12.3. The Morgan fingerprint density at radius 3 is 2.65 bits per heavy atom. The number of esters is 1. The largest absolute Gasteiger partial charge is 0.465 e. The van der Waals surface area contributed by atoms with E-state index in [0.717, 1.165) is 25.1 Å². The highest BCUT2D eigenvalue weighted by atomic mass is 16.5. The molecule has 0 bridgehead atoms. The van der Waals surface area contributed by atoms with Crippen molar-refractivity contribution in [1.82, 2.24) is 10.2 Å². The Balaban J connectivity index is 1.84. The SMILES string of the molecule is COC(=O)c1ccc(CNC(=O)C(C)N2CCCC(C)C2)cc1. The van der Waals surface area contributed by atoms with Crippen LogP contribution in [0.3, 0.4) is 0 Å². The molecule has 1 aromatic rings. The summed E-state index contributed by atoms with van der Waals surface area (Å²) in [5.41, 5.74) is 1.48. The van der Waals surface area contributed by atoms with Gasteiger partial charge in [-0.1, -0.05) is 19.1 Å². The van der Waals surface area contributed by atoms with Gasteiger partial charge in [0, 0.05) is 13.1 Å². The first-order valence-electron chi connectivity index (χ1n) is 8.20. The number of likely N-dealkylation sites (tertiary alicyclic amines) is 1. The summed E-state index contributed by atoms with van der Waals surface area (Å²) in [6, 6.07) is 6.99. The van der Waals surface area contributed by atoms with Crippen molar-refractivity contribution in [3.63, 3.8) is 0 Å². The zero-order valence-electron chi connectivity index (χ0n) is 14.2. The van der Waals surface area contributed by atoms with Gasteiger partial charge in [0.15, 0.2) is 0 Å². The van der Waals surface area contributed by atoms with Crippen LogP contribution in [0, 0.1) is 5.92 Å². The van der Waals surface area contributed by atoms with Crippen molar-refractivity contribution in [1.29, 1.82) is 0 Å². The Morgan fingerprint density at radius 1 is 1.35 bits per heavy atom. The number of benzene rings is 1. The highest BCUT2D eigenvalue weighted by Crippen LogP contribution is 2.17. The van der Waals surface area contributed by atoms with E-state index < -0.39 is 0 Å². The van der Waals surface area contributed by atoms with E-state index in [4.69, 9.17) is 0 Å². The molecular weight excluding hydrogens is 292 g/mol. The smallest absolute Gasteiger partial charge is 0.337 e. The minimum atomic E-state index is -0.353. The average Bonchev–Trinajstić information content (AvgIpc) is 2.58. The fourth-order valence-corrected chi connectivity index (χ4v) is 2.96. The number of hydrogen-bond acceptors (Lipinski definition) is 4. The van der Waals surface area contributed by atoms with Crippen molar-refractivity contribution >= 4 is 11.9 Å². The lowest BCUT2D eigenvalue weighted by molar-refractivity contribution is -0.126. The summed E-state index contributed by atoms with van der Waals surface area (Å²) in [6.07, 6.45) is 2.41. The van der Waals surface area contributed by atoms with Crippen LogP contribution >= 0.6 is 0 Å². The highest BCUT2D eigenvalue weighted by Gasteiger charge is 2.25.